The molecule has 0 saturated heterocycles. The molecule has 0 unspecified atom stereocenters. The van der Waals surface area contributed by atoms with Crippen LogP contribution in [0.5, 0.6) is 0 Å². The third-order valence-corrected chi connectivity index (χ3v) is 3.94. The van der Waals surface area contributed by atoms with Gasteiger partial charge in [-0.1, -0.05) is 85.6 Å². The van der Waals surface area contributed by atoms with Crippen molar-refractivity contribution in [1.29, 1.82) is 0 Å². The van der Waals surface area contributed by atoms with Crippen molar-refractivity contribution < 1.29 is 51.0 Å². The molecule has 0 heterocycles. The van der Waals surface area contributed by atoms with Crippen LogP contribution >= 0.6 is 0 Å². The standard InChI is InChI=1S/2C13H11.2ClH.Zr/c2*1-11-7-8-13(9-11)10-12-5-3-2-4-6-12;;;/h2*2-7,9-10H,1H3;2*1H;/q2*-1;;;+4/p-2. The van der Waals surface area contributed by atoms with E-state index in [-0.39, 0.29) is 51.0 Å². The van der Waals surface area contributed by atoms with Gasteiger partial charge in [0.05, 0.1) is 0 Å². The van der Waals surface area contributed by atoms with E-state index in [0.29, 0.717) is 0 Å². The second kappa shape index (κ2) is 14.3. The van der Waals surface area contributed by atoms with Crippen LogP contribution in [0.3, 0.4) is 0 Å². The van der Waals surface area contributed by atoms with Gasteiger partial charge in [-0.3, -0.25) is 0 Å². The molecule has 2 aromatic rings. The summed E-state index contributed by atoms with van der Waals surface area (Å²) in [6.07, 6.45) is 18.9. The van der Waals surface area contributed by atoms with Gasteiger partial charge in [0.1, 0.15) is 0 Å². The second-order valence-corrected chi connectivity index (χ2v) is 6.37. The summed E-state index contributed by atoms with van der Waals surface area (Å²) in [5.41, 5.74) is 7.30. The number of benzene rings is 2. The average molecular weight is 497 g/mol. The summed E-state index contributed by atoms with van der Waals surface area (Å²) < 4.78 is 0. The van der Waals surface area contributed by atoms with Gasteiger partial charge in [-0.05, 0) is 0 Å². The molecule has 2 aromatic carbocycles. The van der Waals surface area contributed by atoms with Crippen LogP contribution < -0.4 is 24.8 Å². The molecule has 0 atom stereocenters. The van der Waals surface area contributed by atoms with E-state index < -0.39 is 0 Å². The smallest absolute Gasteiger partial charge is 1.00 e. The van der Waals surface area contributed by atoms with Crippen LogP contribution in [-0.2, 0) is 26.2 Å². The van der Waals surface area contributed by atoms with Crippen LogP contribution in [0.4, 0.5) is 0 Å². The quantitative estimate of drug-likeness (QED) is 0.540. The Labute approximate surface area is 206 Å². The van der Waals surface area contributed by atoms with E-state index in [9.17, 15) is 0 Å². The minimum atomic E-state index is 0. The Morgan fingerprint density at radius 3 is 1.21 bits per heavy atom. The van der Waals surface area contributed by atoms with Gasteiger partial charge in [0, 0.05) is 0 Å². The van der Waals surface area contributed by atoms with Gasteiger partial charge in [0.15, 0.2) is 0 Å². The maximum atomic E-state index is 3.20. The van der Waals surface area contributed by atoms with Crippen molar-refractivity contribution in [2.45, 2.75) is 13.8 Å². The van der Waals surface area contributed by atoms with Crippen molar-refractivity contribution in [3.8, 4) is 0 Å². The Hall–Kier alpha value is -1.66. The molecule has 3 heteroatoms. The Morgan fingerprint density at radius 2 is 0.931 bits per heavy atom. The molecule has 0 radical (unpaired) electrons. The molecule has 2 aliphatic rings. The van der Waals surface area contributed by atoms with Crippen molar-refractivity contribution in [3.63, 3.8) is 0 Å². The number of rotatable bonds is 2. The van der Waals surface area contributed by atoms with Crippen LogP contribution in [0, 0.1) is 12.2 Å². The normalized spacial score (nSPS) is 16.1. The van der Waals surface area contributed by atoms with Gasteiger partial charge in [-0.2, -0.15) is 46.6 Å². The summed E-state index contributed by atoms with van der Waals surface area (Å²) >= 11 is 0. The largest absolute Gasteiger partial charge is 4.00 e. The van der Waals surface area contributed by atoms with Gasteiger partial charge in [0.25, 0.3) is 0 Å². The zero-order valence-electron chi connectivity index (χ0n) is 16.5. The third-order valence-electron chi connectivity index (χ3n) is 3.94. The van der Waals surface area contributed by atoms with Crippen molar-refractivity contribution in [2.75, 3.05) is 0 Å². The van der Waals surface area contributed by atoms with E-state index in [1.54, 1.807) is 0 Å². The first-order valence-electron chi connectivity index (χ1n) is 8.79. The fraction of sp³-hybridized carbons (Fsp3) is 0.0769. The molecule has 0 amide bonds. The fourth-order valence-corrected chi connectivity index (χ4v) is 2.68. The summed E-state index contributed by atoms with van der Waals surface area (Å²) in [7, 11) is 0. The monoisotopic (exact) mass is 494 g/mol. The molecule has 0 saturated carbocycles. The van der Waals surface area contributed by atoms with Gasteiger partial charge >= 0.3 is 26.2 Å². The maximum Gasteiger partial charge on any atom is 4.00 e. The molecule has 0 spiro atoms. The van der Waals surface area contributed by atoms with E-state index >= 15 is 0 Å². The molecule has 0 bridgehead atoms. The Bertz CT molecular complexity index is 852. The van der Waals surface area contributed by atoms with Gasteiger partial charge in [-0.15, -0.1) is 24.3 Å². The van der Waals surface area contributed by atoms with Crippen LogP contribution in [0.15, 0.2) is 107 Å². The van der Waals surface area contributed by atoms with Crippen molar-refractivity contribution in [3.05, 3.63) is 131 Å². The third kappa shape index (κ3) is 9.59. The maximum absolute atomic E-state index is 3.20. The fourth-order valence-electron chi connectivity index (χ4n) is 2.68. The Balaban J connectivity index is 0.000000490. The van der Waals surface area contributed by atoms with Crippen LogP contribution in [0.25, 0.3) is 12.2 Å². The number of allylic oxidation sites excluding steroid dienone is 10. The average Bonchev–Trinajstić information content (AvgIpc) is 3.25. The van der Waals surface area contributed by atoms with Crippen molar-refractivity contribution >= 4 is 12.2 Å². The molecule has 144 valence electrons. The molecule has 0 N–H and O–H groups in total. The van der Waals surface area contributed by atoms with Crippen LogP contribution in [-0.4, -0.2) is 0 Å². The topological polar surface area (TPSA) is 0 Å². The second-order valence-electron chi connectivity index (χ2n) is 6.37. The molecule has 2 aliphatic carbocycles. The van der Waals surface area contributed by atoms with E-state index in [4.69, 9.17) is 0 Å². The number of halogens is 2. The molecule has 0 aromatic heterocycles. The van der Waals surface area contributed by atoms with Crippen LogP contribution in [0.2, 0.25) is 0 Å². The summed E-state index contributed by atoms with van der Waals surface area (Å²) in [5, 5.41) is 0. The first kappa shape index (κ1) is 27.3. The van der Waals surface area contributed by atoms with Gasteiger partial charge < -0.3 is 24.8 Å². The minimum Gasteiger partial charge on any atom is -1.00 e. The molecular formula is C26H22Cl2Zr. The van der Waals surface area contributed by atoms with E-state index in [1.165, 1.54) is 22.3 Å². The molecule has 4 rings (SSSR count). The number of hydrogen-bond donors (Lipinski definition) is 0. The van der Waals surface area contributed by atoms with Crippen molar-refractivity contribution in [2.24, 2.45) is 0 Å². The molecule has 0 fully saturated rings. The van der Waals surface area contributed by atoms with Crippen LogP contribution in [0.1, 0.15) is 25.0 Å². The van der Waals surface area contributed by atoms with E-state index in [1.807, 2.05) is 48.6 Å². The van der Waals surface area contributed by atoms with E-state index in [0.717, 1.165) is 11.1 Å². The van der Waals surface area contributed by atoms with E-state index in [2.05, 4.69) is 74.6 Å². The Kier molecular flexibility index (Phi) is 13.5. The van der Waals surface area contributed by atoms with Gasteiger partial charge in [-0.25, -0.2) is 0 Å². The first-order chi connectivity index (χ1) is 12.7. The molecule has 29 heavy (non-hydrogen) atoms. The summed E-state index contributed by atoms with van der Waals surface area (Å²) in [6.45, 7) is 4.16. The van der Waals surface area contributed by atoms with Crippen molar-refractivity contribution in [1.82, 2.24) is 0 Å². The summed E-state index contributed by atoms with van der Waals surface area (Å²) in [4.78, 5) is 0. The summed E-state index contributed by atoms with van der Waals surface area (Å²) in [6, 6.07) is 20.6. The SMILES string of the molecule is CC1=CC(=Cc2ccccc2)[C-]=C1.CC1=CC(=Cc2ccccc2)[C-]=C1.[Cl-].[Cl-].[Zr+4]. The van der Waals surface area contributed by atoms with Gasteiger partial charge in [0.2, 0.25) is 0 Å². The first-order valence-corrected chi connectivity index (χ1v) is 8.79. The number of hydrogen-bond acceptors (Lipinski definition) is 0. The molecule has 0 aliphatic heterocycles. The predicted octanol–water partition coefficient (Wildman–Crippen LogP) is 0.784. The minimum absolute atomic E-state index is 0. The predicted molar refractivity (Wildman–Crippen MR) is 112 cm³/mol. The summed E-state index contributed by atoms with van der Waals surface area (Å²) in [5.74, 6) is 0. The molecule has 0 nitrogen and oxygen atoms in total. The zero-order chi connectivity index (χ0) is 18.2. The zero-order valence-corrected chi connectivity index (χ0v) is 20.5. The molecular weight excluding hydrogens is 474 g/mol. The Morgan fingerprint density at radius 1 is 0.586 bits per heavy atom.